The molecule has 0 spiro atoms. The van der Waals surface area contributed by atoms with E-state index in [1.165, 1.54) is 12.1 Å². The van der Waals surface area contributed by atoms with Gasteiger partial charge in [-0.05, 0) is 49.2 Å². The van der Waals surface area contributed by atoms with E-state index in [9.17, 15) is 18.8 Å². The lowest BCUT2D eigenvalue weighted by Gasteiger charge is -2.29. The molecule has 1 fully saturated rings. The molecular formula is C32H41FN8O3. The van der Waals surface area contributed by atoms with Crippen molar-refractivity contribution in [2.24, 2.45) is 17.2 Å². The summed E-state index contributed by atoms with van der Waals surface area (Å²) in [7, 11) is 0. The van der Waals surface area contributed by atoms with Gasteiger partial charge in [0.1, 0.15) is 11.9 Å². The van der Waals surface area contributed by atoms with Crippen molar-refractivity contribution in [3.05, 3.63) is 78.5 Å². The summed E-state index contributed by atoms with van der Waals surface area (Å²) in [5.41, 5.74) is 19.7. The summed E-state index contributed by atoms with van der Waals surface area (Å²) in [5, 5.41) is 6.66. The number of likely N-dealkylation sites (tertiary alicyclic amines) is 1. The molecule has 0 bridgehead atoms. The van der Waals surface area contributed by atoms with Crippen molar-refractivity contribution in [1.82, 2.24) is 20.1 Å². The Hall–Kier alpha value is -4.23. The lowest BCUT2D eigenvalue weighted by Crippen LogP contribution is -2.50. The van der Waals surface area contributed by atoms with Gasteiger partial charge in [0.25, 0.3) is 5.91 Å². The first-order valence-corrected chi connectivity index (χ1v) is 14.8. The fourth-order valence-electron chi connectivity index (χ4n) is 5.50. The number of nitrogens with two attached hydrogens (primary N) is 3. The van der Waals surface area contributed by atoms with Gasteiger partial charge in [-0.3, -0.25) is 24.3 Å². The first-order chi connectivity index (χ1) is 21.2. The van der Waals surface area contributed by atoms with Crippen molar-refractivity contribution in [3.63, 3.8) is 0 Å². The third-order valence-corrected chi connectivity index (χ3v) is 7.70. The minimum absolute atomic E-state index is 0.101. The van der Waals surface area contributed by atoms with E-state index in [4.69, 9.17) is 17.2 Å². The Labute approximate surface area is 256 Å². The number of amides is 3. The lowest BCUT2D eigenvalue weighted by molar-refractivity contribution is -0.131. The van der Waals surface area contributed by atoms with Crippen LogP contribution in [0.15, 0.2) is 67.4 Å². The van der Waals surface area contributed by atoms with E-state index in [1.807, 2.05) is 17.0 Å². The molecular weight excluding hydrogens is 563 g/mol. The number of hydrogen-bond acceptors (Lipinski definition) is 8. The molecule has 1 aromatic heterocycles. The maximum absolute atomic E-state index is 13.7. The van der Waals surface area contributed by atoms with E-state index >= 15 is 0 Å². The van der Waals surface area contributed by atoms with E-state index in [1.54, 1.807) is 41.4 Å². The van der Waals surface area contributed by atoms with Gasteiger partial charge in [0.15, 0.2) is 0 Å². The van der Waals surface area contributed by atoms with Crippen LogP contribution in [0.3, 0.4) is 0 Å². The van der Waals surface area contributed by atoms with Crippen LogP contribution in [0.5, 0.6) is 0 Å². The summed E-state index contributed by atoms with van der Waals surface area (Å²) >= 11 is 0. The van der Waals surface area contributed by atoms with E-state index in [0.29, 0.717) is 56.9 Å². The number of nitrogens with zero attached hydrogens (tertiary/aromatic N) is 3. The van der Waals surface area contributed by atoms with Gasteiger partial charge in [-0.15, -0.1) is 0 Å². The maximum Gasteiger partial charge on any atom is 0.251 e. The van der Waals surface area contributed by atoms with Gasteiger partial charge in [-0.1, -0.05) is 36.9 Å². The van der Waals surface area contributed by atoms with Gasteiger partial charge in [0, 0.05) is 68.0 Å². The van der Waals surface area contributed by atoms with Crippen molar-refractivity contribution in [1.29, 1.82) is 0 Å². The monoisotopic (exact) mass is 604 g/mol. The standard InChI is InChI=1S/C32H41FN8O3/c1-21(33)22-6-8-23(9-7-22)30(32(44)38-26-10-11-27-24(18-26)4-2-14-37-27)39-31(43)28-5-3-15-41(28)20-25(36)19-29(42)40(16-12-34)17-13-35/h2,4,6-11,14,18,25,28,30H,1,3,5,12-13,15-17,19-20,34-36H2,(H,38,44)(H,39,43). The second kappa shape index (κ2) is 15.5. The summed E-state index contributed by atoms with van der Waals surface area (Å²) in [6, 6.07) is 13.2. The number of nitrogens with one attached hydrogen (secondary N) is 2. The Morgan fingerprint density at radius 1 is 1.09 bits per heavy atom. The SMILES string of the molecule is C=C(F)c1ccc(C(NC(=O)C2CCCN2CC(N)CC(=O)N(CCN)CCN)C(=O)Nc2ccc3ncccc3c2)cc1. The molecule has 11 nitrogen and oxygen atoms in total. The van der Waals surface area contributed by atoms with Gasteiger partial charge in [0.05, 0.1) is 11.6 Å². The highest BCUT2D eigenvalue weighted by molar-refractivity contribution is 6.00. The number of halogens is 1. The zero-order valence-electron chi connectivity index (χ0n) is 24.8. The molecule has 4 rings (SSSR count). The Morgan fingerprint density at radius 3 is 2.50 bits per heavy atom. The fourth-order valence-corrected chi connectivity index (χ4v) is 5.50. The third kappa shape index (κ3) is 8.44. The van der Waals surface area contributed by atoms with Gasteiger partial charge in [-0.25, -0.2) is 4.39 Å². The van der Waals surface area contributed by atoms with Crippen LogP contribution >= 0.6 is 0 Å². The maximum atomic E-state index is 13.7. The van der Waals surface area contributed by atoms with Gasteiger partial charge in [0.2, 0.25) is 11.8 Å². The Bertz CT molecular complexity index is 1460. The van der Waals surface area contributed by atoms with Crippen LogP contribution in [0.25, 0.3) is 16.7 Å². The summed E-state index contributed by atoms with van der Waals surface area (Å²) in [4.78, 5) is 47.9. The zero-order chi connectivity index (χ0) is 31.6. The first kappa shape index (κ1) is 32.7. The van der Waals surface area contributed by atoms with E-state index in [2.05, 4.69) is 22.2 Å². The summed E-state index contributed by atoms with van der Waals surface area (Å²) in [6.45, 7) is 5.74. The van der Waals surface area contributed by atoms with Crippen LogP contribution in [0, 0.1) is 0 Å². The molecule has 1 aliphatic rings. The number of pyridine rings is 1. The average molecular weight is 605 g/mol. The second-order valence-electron chi connectivity index (χ2n) is 10.9. The number of carbonyl (C=O) groups is 3. The molecule has 1 saturated heterocycles. The highest BCUT2D eigenvalue weighted by Crippen LogP contribution is 2.24. The first-order valence-electron chi connectivity index (χ1n) is 14.8. The van der Waals surface area contributed by atoms with Crippen molar-refractivity contribution in [2.75, 3.05) is 44.6 Å². The molecule has 0 saturated carbocycles. The molecule has 2 heterocycles. The molecule has 234 valence electrons. The molecule has 3 atom stereocenters. The van der Waals surface area contributed by atoms with E-state index in [-0.39, 0.29) is 23.8 Å². The van der Waals surface area contributed by atoms with Gasteiger partial charge < -0.3 is 32.7 Å². The Morgan fingerprint density at radius 2 is 1.82 bits per heavy atom. The van der Waals surface area contributed by atoms with Gasteiger partial charge in [-0.2, -0.15) is 0 Å². The predicted molar refractivity (Wildman–Crippen MR) is 170 cm³/mol. The molecule has 2 aromatic carbocycles. The Balaban J connectivity index is 1.48. The molecule has 1 aliphatic heterocycles. The molecule has 8 N–H and O–H groups in total. The molecule has 3 aromatic rings. The van der Waals surface area contributed by atoms with Crippen molar-refractivity contribution in [3.8, 4) is 0 Å². The smallest absolute Gasteiger partial charge is 0.251 e. The van der Waals surface area contributed by atoms with Crippen LogP contribution < -0.4 is 27.8 Å². The second-order valence-corrected chi connectivity index (χ2v) is 10.9. The number of benzene rings is 2. The minimum atomic E-state index is -1.06. The van der Waals surface area contributed by atoms with Crippen molar-refractivity contribution < 1.29 is 18.8 Å². The lowest BCUT2D eigenvalue weighted by atomic mass is 10.0. The van der Waals surface area contributed by atoms with Crippen LogP contribution in [-0.4, -0.2) is 83.9 Å². The largest absolute Gasteiger partial charge is 0.340 e. The summed E-state index contributed by atoms with van der Waals surface area (Å²) < 4.78 is 13.7. The predicted octanol–water partition coefficient (Wildman–Crippen LogP) is 1.90. The summed E-state index contributed by atoms with van der Waals surface area (Å²) in [6.07, 6.45) is 3.13. The third-order valence-electron chi connectivity index (χ3n) is 7.70. The van der Waals surface area contributed by atoms with Crippen LogP contribution in [0.4, 0.5) is 10.1 Å². The fraction of sp³-hybridized carbons (Fsp3) is 0.375. The molecule has 3 amide bonds. The average Bonchev–Trinajstić information content (AvgIpc) is 3.47. The highest BCUT2D eigenvalue weighted by atomic mass is 19.1. The number of hydrogen-bond donors (Lipinski definition) is 5. The molecule has 3 unspecified atom stereocenters. The molecule has 0 aliphatic carbocycles. The summed E-state index contributed by atoms with van der Waals surface area (Å²) in [5.74, 6) is -1.53. The van der Waals surface area contributed by atoms with E-state index < -0.39 is 29.9 Å². The quantitative estimate of drug-likeness (QED) is 0.186. The zero-order valence-corrected chi connectivity index (χ0v) is 24.8. The van der Waals surface area contributed by atoms with Crippen molar-refractivity contribution in [2.45, 2.75) is 37.4 Å². The van der Waals surface area contributed by atoms with Gasteiger partial charge >= 0.3 is 0 Å². The van der Waals surface area contributed by atoms with E-state index in [0.717, 1.165) is 17.3 Å². The van der Waals surface area contributed by atoms with Crippen molar-refractivity contribution >= 4 is 40.1 Å². The molecule has 12 heteroatoms. The number of fused-ring (bicyclic) bond motifs is 1. The minimum Gasteiger partial charge on any atom is -0.340 e. The number of carbonyl (C=O) groups excluding carboxylic acids is 3. The number of anilines is 1. The topological polar surface area (TPSA) is 173 Å². The normalized spacial score (nSPS) is 16.3. The number of rotatable bonds is 14. The molecule has 44 heavy (non-hydrogen) atoms. The van der Waals surface area contributed by atoms with Crippen LogP contribution in [-0.2, 0) is 14.4 Å². The Kier molecular flexibility index (Phi) is 11.5. The highest BCUT2D eigenvalue weighted by Gasteiger charge is 2.35. The van der Waals surface area contributed by atoms with Crippen LogP contribution in [0.2, 0.25) is 0 Å². The molecule has 0 radical (unpaired) electrons. The number of aromatic nitrogens is 1. The van der Waals surface area contributed by atoms with Crippen LogP contribution in [0.1, 0.15) is 36.4 Å².